The van der Waals surface area contributed by atoms with Crippen molar-refractivity contribution in [2.45, 2.75) is 6.04 Å². The summed E-state index contributed by atoms with van der Waals surface area (Å²) in [5.74, 6) is 1.20. The van der Waals surface area contributed by atoms with Crippen LogP contribution in [0, 0.1) is 0 Å². The Hall–Kier alpha value is -1.79. The van der Waals surface area contributed by atoms with Gasteiger partial charge in [-0.25, -0.2) is 0 Å². The molecule has 1 unspecified atom stereocenters. The predicted molar refractivity (Wildman–Crippen MR) is 83.7 cm³/mol. The van der Waals surface area contributed by atoms with E-state index in [4.69, 9.17) is 14.2 Å². The minimum absolute atomic E-state index is 0.0210. The first-order valence-corrected chi connectivity index (χ1v) is 7.31. The molecule has 1 amide bonds. The number of nitrogens with zero attached hydrogens (tertiary/aromatic N) is 2. The van der Waals surface area contributed by atoms with Gasteiger partial charge in [-0.1, -0.05) is 0 Å². The number of methoxy groups -OCH3 is 2. The number of morpholine rings is 1. The molecule has 22 heavy (non-hydrogen) atoms. The van der Waals surface area contributed by atoms with Gasteiger partial charge in [-0.05, 0) is 26.2 Å². The monoisotopic (exact) mass is 308 g/mol. The van der Waals surface area contributed by atoms with Gasteiger partial charge in [0.2, 0.25) is 0 Å². The topological polar surface area (TPSA) is 51.2 Å². The molecule has 0 N–H and O–H groups in total. The van der Waals surface area contributed by atoms with Crippen LogP contribution >= 0.6 is 0 Å². The first-order chi connectivity index (χ1) is 10.5. The molecule has 1 heterocycles. The third-order valence-electron chi connectivity index (χ3n) is 3.66. The average Bonchev–Trinajstić information content (AvgIpc) is 2.53. The lowest BCUT2D eigenvalue weighted by molar-refractivity contribution is -0.00832. The molecule has 0 radical (unpaired) electrons. The number of hydrogen-bond acceptors (Lipinski definition) is 5. The van der Waals surface area contributed by atoms with Gasteiger partial charge in [0.25, 0.3) is 5.91 Å². The zero-order valence-electron chi connectivity index (χ0n) is 13.7. The molecule has 0 aromatic heterocycles. The molecule has 1 aliphatic heterocycles. The Labute approximate surface area is 131 Å². The van der Waals surface area contributed by atoms with Crippen LogP contribution in [0.25, 0.3) is 0 Å². The number of rotatable bonds is 5. The molecule has 1 aromatic rings. The van der Waals surface area contributed by atoms with Crippen molar-refractivity contribution in [3.8, 4) is 11.5 Å². The van der Waals surface area contributed by atoms with Crippen LogP contribution in [-0.4, -0.2) is 76.4 Å². The van der Waals surface area contributed by atoms with Crippen molar-refractivity contribution in [1.82, 2.24) is 9.80 Å². The van der Waals surface area contributed by atoms with E-state index in [1.165, 1.54) is 0 Å². The number of hydrogen-bond donors (Lipinski definition) is 0. The summed E-state index contributed by atoms with van der Waals surface area (Å²) < 4.78 is 16.0. The van der Waals surface area contributed by atoms with E-state index in [-0.39, 0.29) is 11.9 Å². The lowest BCUT2D eigenvalue weighted by Gasteiger charge is -2.37. The Morgan fingerprint density at radius 1 is 1.27 bits per heavy atom. The average molecular weight is 308 g/mol. The van der Waals surface area contributed by atoms with Crippen molar-refractivity contribution in [3.05, 3.63) is 23.8 Å². The molecule has 6 nitrogen and oxygen atoms in total. The van der Waals surface area contributed by atoms with Crippen molar-refractivity contribution in [1.29, 1.82) is 0 Å². The number of carbonyl (C=O) groups is 1. The minimum atomic E-state index is -0.0210. The van der Waals surface area contributed by atoms with Crippen LogP contribution < -0.4 is 9.47 Å². The van der Waals surface area contributed by atoms with Gasteiger partial charge in [0, 0.05) is 24.7 Å². The molecule has 1 aromatic carbocycles. The maximum absolute atomic E-state index is 12.9. The van der Waals surface area contributed by atoms with Crippen LogP contribution in [0.3, 0.4) is 0 Å². The molecule has 1 atom stereocenters. The molecule has 1 fully saturated rings. The summed E-state index contributed by atoms with van der Waals surface area (Å²) in [5.41, 5.74) is 0.571. The summed E-state index contributed by atoms with van der Waals surface area (Å²) in [7, 11) is 7.14. The molecule has 6 heteroatoms. The quantitative estimate of drug-likeness (QED) is 0.815. The van der Waals surface area contributed by atoms with E-state index >= 15 is 0 Å². The van der Waals surface area contributed by atoms with E-state index in [0.29, 0.717) is 36.8 Å². The van der Waals surface area contributed by atoms with E-state index in [2.05, 4.69) is 4.90 Å². The third kappa shape index (κ3) is 3.90. The van der Waals surface area contributed by atoms with Gasteiger partial charge in [-0.3, -0.25) is 4.79 Å². The van der Waals surface area contributed by atoms with E-state index in [0.717, 1.165) is 6.54 Å². The summed E-state index contributed by atoms with van der Waals surface area (Å²) in [6, 6.07) is 5.29. The lowest BCUT2D eigenvalue weighted by Crippen LogP contribution is -2.52. The maximum Gasteiger partial charge on any atom is 0.254 e. The minimum Gasteiger partial charge on any atom is -0.497 e. The molecule has 2 rings (SSSR count). The molecule has 0 saturated carbocycles. The predicted octanol–water partition coefficient (Wildman–Crippen LogP) is 1.11. The van der Waals surface area contributed by atoms with Gasteiger partial charge < -0.3 is 24.0 Å². The van der Waals surface area contributed by atoms with Gasteiger partial charge in [0.05, 0.1) is 33.5 Å². The van der Waals surface area contributed by atoms with E-state index in [1.54, 1.807) is 32.4 Å². The van der Waals surface area contributed by atoms with Crippen LogP contribution in [-0.2, 0) is 4.74 Å². The number of likely N-dealkylation sites (N-methyl/N-ethyl adjacent to an activating group) is 1. The van der Waals surface area contributed by atoms with E-state index in [9.17, 15) is 4.79 Å². The third-order valence-corrected chi connectivity index (χ3v) is 3.66. The molecule has 0 spiro atoms. The Balaban J connectivity index is 2.24. The van der Waals surface area contributed by atoms with Gasteiger partial charge in [-0.2, -0.15) is 0 Å². The van der Waals surface area contributed by atoms with Crippen LogP contribution in [0.15, 0.2) is 18.2 Å². The SMILES string of the molecule is COc1cc(OC)cc(C(=O)N2CCOCC2CN(C)C)c1. The number of ether oxygens (including phenoxy) is 3. The summed E-state index contributed by atoms with van der Waals surface area (Å²) >= 11 is 0. The zero-order valence-corrected chi connectivity index (χ0v) is 13.7. The Bertz CT molecular complexity index is 497. The van der Waals surface area contributed by atoms with Crippen LogP contribution in [0.2, 0.25) is 0 Å². The first-order valence-electron chi connectivity index (χ1n) is 7.31. The smallest absolute Gasteiger partial charge is 0.254 e. The summed E-state index contributed by atoms with van der Waals surface area (Å²) in [6.45, 7) is 2.49. The Kier molecular flexibility index (Phi) is 5.63. The Morgan fingerprint density at radius 2 is 1.91 bits per heavy atom. The number of amides is 1. The molecular weight excluding hydrogens is 284 g/mol. The van der Waals surface area contributed by atoms with Gasteiger partial charge >= 0.3 is 0 Å². The molecule has 0 aliphatic carbocycles. The van der Waals surface area contributed by atoms with E-state index in [1.807, 2.05) is 19.0 Å². The van der Waals surface area contributed by atoms with Gasteiger partial charge in [-0.15, -0.1) is 0 Å². The fourth-order valence-electron chi connectivity index (χ4n) is 2.59. The maximum atomic E-state index is 12.9. The largest absolute Gasteiger partial charge is 0.497 e. The zero-order chi connectivity index (χ0) is 16.1. The highest BCUT2D eigenvalue weighted by atomic mass is 16.5. The van der Waals surface area contributed by atoms with Crippen molar-refractivity contribution >= 4 is 5.91 Å². The molecule has 1 aliphatic rings. The van der Waals surface area contributed by atoms with Crippen molar-refractivity contribution in [3.63, 3.8) is 0 Å². The van der Waals surface area contributed by atoms with Crippen molar-refractivity contribution < 1.29 is 19.0 Å². The highest BCUT2D eigenvalue weighted by Crippen LogP contribution is 2.24. The van der Waals surface area contributed by atoms with E-state index < -0.39 is 0 Å². The van der Waals surface area contributed by atoms with Gasteiger partial charge in [0.1, 0.15) is 11.5 Å². The first kappa shape index (κ1) is 16.6. The number of carbonyl (C=O) groups excluding carboxylic acids is 1. The molecule has 1 saturated heterocycles. The van der Waals surface area contributed by atoms with Gasteiger partial charge in [0.15, 0.2) is 0 Å². The van der Waals surface area contributed by atoms with Crippen molar-refractivity contribution in [2.75, 3.05) is 54.6 Å². The second kappa shape index (κ2) is 7.47. The van der Waals surface area contributed by atoms with Crippen molar-refractivity contribution in [2.24, 2.45) is 0 Å². The molecule has 122 valence electrons. The summed E-state index contributed by atoms with van der Waals surface area (Å²) in [6.07, 6.45) is 0. The second-order valence-electron chi connectivity index (χ2n) is 5.59. The fourth-order valence-corrected chi connectivity index (χ4v) is 2.59. The summed E-state index contributed by atoms with van der Waals surface area (Å²) in [5, 5.41) is 0. The Morgan fingerprint density at radius 3 is 2.45 bits per heavy atom. The summed E-state index contributed by atoms with van der Waals surface area (Å²) in [4.78, 5) is 16.8. The molecular formula is C16H24N2O4. The number of benzene rings is 1. The standard InChI is InChI=1S/C16H24N2O4/c1-17(2)10-13-11-22-6-5-18(13)16(19)12-7-14(20-3)9-15(8-12)21-4/h7-9,13H,5-6,10-11H2,1-4H3. The highest BCUT2D eigenvalue weighted by Gasteiger charge is 2.29. The second-order valence-corrected chi connectivity index (χ2v) is 5.59. The lowest BCUT2D eigenvalue weighted by atomic mass is 10.1. The fraction of sp³-hybridized carbons (Fsp3) is 0.562. The molecule has 0 bridgehead atoms. The van der Waals surface area contributed by atoms with Crippen LogP contribution in [0.1, 0.15) is 10.4 Å². The van der Waals surface area contributed by atoms with Crippen LogP contribution in [0.5, 0.6) is 11.5 Å². The highest BCUT2D eigenvalue weighted by molar-refractivity contribution is 5.95. The van der Waals surface area contributed by atoms with Crippen LogP contribution in [0.4, 0.5) is 0 Å². The normalized spacial score (nSPS) is 18.4.